The Kier molecular flexibility index (Phi) is 66.1. The summed E-state index contributed by atoms with van der Waals surface area (Å²) in [6, 6.07) is 0. The van der Waals surface area contributed by atoms with Gasteiger partial charge in [-0.15, -0.1) is 0 Å². The number of unbranched alkanes of at least 4 members (excludes halogenated alkanes) is 44. The molecule has 0 aromatic heterocycles. The molecule has 0 bridgehead atoms. The first-order valence-corrected chi connectivity index (χ1v) is 35.3. The van der Waals surface area contributed by atoms with Gasteiger partial charge in [0.2, 0.25) is 0 Å². The first-order chi connectivity index (χ1) is 39.5. The quantitative estimate of drug-likeness (QED) is 0.0261. The molecule has 0 aliphatic carbocycles. The number of allylic oxidation sites excluding steroid dienone is 10. The van der Waals surface area contributed by atoms with Crippen LogP contribution >= 0.6 is 0 Å². The number of hydrogen-bond donors (Lipinski definition) is 0. The van der Waals surface area contributed by atoms with Gasteiger partial charge in [-0.25, -0.2) is 0 Å². The Balaban J connectivity index is 4.26. The van der Waals surface area contributed by atoms with Crippen LogP contribution in [0, 0.1) is 0 Å². The molecule has 0 aliphatic rings. The van der Waals surface area contributed by atoms with Gasteiger partial charge in [0.05, 0.1) is 0 Å². The van der Waals surface area contributed by atoms with Gasteiger partial charge in [-0.3, -0.25) is 14.4 Å². The lowest BCUT2D eigenvalue weighted by molar-refractivity contribution is -0.167. The minimum absolute atomic E-state index is 0.0729. The molecule has 0 rings (SSSR count). The van der Waals surface area contributed by atoms with E-state index in [1.54, 1.807) is 0 Å². The Morgan fingerprint density at radius 2 is 0.487 bits per heavy atom. The molecule has 0 fully saturated rings. The highest BCUT2D eigenvalue weighted by Crippen LogP contribution is 2.18. The summed E-state index contributed by atoms with van der Waals surface area (Å²) in [7, 11) is 0. The monoisotopic (exact) mass is 1120 g/mol. The van der Waals surface area contributed by atoms with Crippen LogP contribution in [0.2, 0.25) is 0 Å². The zero-order valence-electron chi connectivity index (χ0n) is 53.6. The second-order valence-corrected chi connectivity index (χ2v) is 23.8. The number of carbonyl (C=O) groups is 3. The summed E-state index contributed by atoms with van der Waals surface area (Å²) in [5.74, 6) is -0.856. The van der Waals surface area contributed by atoms with E-state index >= 15 is 0 Å². The maximum atomic E-state index is 12.9. The fourth-order valence-corrected chi connectivity index (χ4v) is 10.5. The molecule has 6 heteroatoms. The number of rotatable bonds is 65. The summed E-state index contributed by atoms with van der Waals surface area (Å²) in [5, 5.41) is 0. The number of carbonyl (C=O) groups excluding carboxylic acids is 3. The Morgan fingerprint density at radius 1 is 0.263 bits per heavy atom. The van der Waals surface area contributed by atoms with Gasteiger partial charge < -0.3 is 14.2 Å². The first-order valence-electron chi connectivity index (χ1n) is 35.3. The lowest BCUT2D eigenvalue weighted by Gasteiger charge is -2.18. The van der Waals surface area contributed by atoms with E-state index in [9.17, 15) is 14.4 Å². The van der Waals surface area contributed by atoms with E-state index in [0.717, 1.165) is 89.9 Å². The van der Waals surface area contributed by atoms with Crippen molar-refractivity contribution in [3.05, 3.63) is 60.8 Å². The number of hydrogen-bond acceptors (Lipinski definition) is 6. The summed E-state index contributed by atoms with van der Waals surface area (Å²) < 4.78 is 17.0. The molecule has 0 radical (unpaired) electrons. The fraction of sp³-hybridized carbons (Fsp3) is 0.824. The Hall–Kier alpha value is -2.89. The molecule has 0 amide bonds. The molecule has 1 atom stereocenters. The molecule has 0 spiro atoms. The highest BCUT2D eigenvalue weighted by molar-refractivity contribution is 5.71. The van der Waals surface area contributed by atoms with Crippen LogP contribution in [0.4, 0.5) is 0 Å². The van der Waals surface area contributed by atoms with Gasteiger partial charge >= 0.3 is 17.9 Å². The molecule has 0 aromatic carbocycles. The van der Waals surface area contributed by atoms with Crippen molar-refractivity contribution in [3.63, 3.8) is 0 Å². The molecule has 0 N–H and O–H groups in total. The predicted octanol–water partition coefficient (Wildman–Crippen LogP) is 24.3. The van der Waals surface area contributed by atoms with E-state index in [0.29, 0.717) is 19.3 Å². The van der Waals surface area contributed by atoms with E-state index < -0.39 is 6.10 Å². The summed E-state index contributed by atoms with van der Waals surface area (Å²) >= 11 is 0. The molecule has 0 aliphatic heterocycles. The third-order valence-corrected chi connectivity index (χ3v) is 15.8. The molecular formula is C74H134O6. The van der Waals surface area contributed by atoms with Gasteiger partial charge in [-0.2, -0.15) is 0 Å². The Labute approximate surface area is 498 Å². The van der Waals surface area contributed by atoms with E-state index in [2.05, 4.69) is 81.5 Å². The van der Waals surface area contributed by atoms with Crippen molar-refractivity contribution in [2.45, 2.75) is 380 Å². The lowest BCUT2D eigenvalue weighted by atomic mass is 10.0. The van der Waals surface area contributed by atoms with Crippen LogP contribution in [0.3, 0.4) is 0 Å². The Bertz CT molecular complexity index is 1430. The molecule has 1 unspecified atom stereocenters. The summed E-state index contributed by atoms with van der Waals surface area (Å²) in [4.78, 5) is 38.4. The van der Waals surface area contributed by atoms with E-state index in [1.165, 1.54) is 244 Å². The van der Waals surface area contributed by atoms with Crippen molar-refractivity contribution in [1.29, 1.82) is 0 Å². The average Bonchev–Trinajstić information content (AvgIpc) is 3.46. The van der Waals surface area contributed by atoms with Gasteiger partial charge in [0.25, 0.3) is 0 Å². The van der Waals surface area contributed by atoms with Gasteiger partial charge in [0.15, 0.2) is 6.10 Å². The van der Waals surface area contributed by atoms with Crippen molar-refractivity contribution in [3.8, 4) is 0 Å². The maximum Gasteiger partial charge on any atom is 0.306 e. The molecular weight excluding hydrogens is 985 g/mol. The van der Waals surface area contributed by atoms with Crippen LogP contribution in [0.25, 0.3) is 0 Å². The smallest absolute Gasteiger partial charge is 0.306 e. The normalized spacial score (nSPS) is 12.4. The standard InChI is InChI=1S/C74H134O6/c1-4-7-10-13-16-19-22-25-28-30-32-34-35-36-37-38-39-41-42-44-46-49-52-55-58-61-64-67-73(76)79-70-71(69-78-72(75)66-63-60-57-54-51-48-27-24-21-18-15-12-9-6-3)80-74(77)68-65-62-59-56-53-50-47-45-43-40-33-31-29-26-23-20-17-14-11-8-5-2/h8,11,17,20,26,29-30,32-33,40,71H,4-7,9-10,12-16,18-19,21-25,27-28,31,34-39,41-70H2,1-3H3/b11-8-,20-17-,29-26-,32-30-,40-33-. The van der Waals surface area contributed by atoms with Crippen molar-refractivity contribution < 1.29 is 28.6 Å². The zero-order chi connectivity index (χ0) is 57.8. The first kappa shape index (κ1) is 77.1. The largest absolute Gasteiger partial charge is 0.462 e. The molecule has 0 saturated heterocycles. The molecule has 6 nitrogen and oxygen atoms in total. The second kappa shape index (κ2) is 68.6. The van der Waals surface area contributed by atoms with E-state index in [4.69, 9.17) is 14.2 Å². The summed E-state index contributed by atoms with van der Waals surface area (Å²) in [5.41, 5.74) is 0. The van der Waals surface area contributed by atoms with Gasteiger partial charge in [-0.1, -0.05) is 332 Å². The van der Waals surface area contributed by atoms with Crippen LogP contribution in [-0.2, 0) is 28.6 Å². The zero-order valence-corrected chi connectivity index (χ0v) is 53.6. The molecule has 0 heterocycles. The summed E-state index contributed by atoms with van der Waals surface area (Å²) in [6.07, 6.45) is 88.2. The molecule has 80 heavy (non-hydrogen) atoms. The minimum Gasteiger partial charge on any atom is -0.462 e. The lowest BCUT2D eigenvalue weighted by Crippen LogP contribution is -2.30. The van der Waals surface area contributed by atoms with Gasteiger partial charge in [0.1, 0.15) is 13.2 Å². The van der Waals surface area contributed by atoms with Crippen molar-refractivity contribution in [1.82, 2.24) is 0 Å². The average molecular weight is 1120 g/mol. The third kappa shape index (κ3) is 65.9. The number of esters is 3. The van der Waals surface area contributed by atoms with Gasteiger partial charge in [0, 0.05) is 19.3 Å². The molecule has 466 valence electrons. The van der Waals surface area contributed by atoms with Crippen molar-refractivity contribution in [2.75, 3.05) is 13.2 Å². The van der Waals surface area contributed by atoms with Crippen LogP contribution in [0.5, 0.6) is 0 Å². The number of ether oxygens (including phenoxy) is 3. The van der Waals surface area contributed by atoms with Crippen LogP contribution in [0.15, 0.2) is 60.8 Å². The van der Waals surface area contributed by atoms with Crippen LogP contribution in [0.1, 0.15) is 374 Å². The molecule has 0 aromatic rings. The fourth-order valence-electron chi connectivity index (χ4n) is 10.5. The second-order valence-electron chi connectivity index (χ2n) is 23.8. The van der Waals surface area contributed by atoms with Crippen LogP contribution in [-0.4, -0.2) is 37.2 Å². The van der Waals surface area contributed by atoms with Crippen molar-refractivity contribution >= 4 is 17.9 Å². The van der Waals surface area contributed by atoms with E-state index in [1.807, 2.05) is 0 Å². The van der Waals surface area contributed by atoms with Crippen LogP contribution < -0.4 is 0 Å². The highest BCUT2D eigenvalue weighted by atomic mass is 16.6. The van der Waals surface area contributed by atoms with Crippen molar-refractivity contribution in [2.24, 2.45) is 0 Å². The van der Waals surface area contributed by atoms with Gasteiger partial charge in [-0.05, 0) is 83.5 Å². The van der Waals surface area contributed by atoms with E-state index in [-0.39, 0.29) is 31.1 Å². The predicted molar refractivity (Wildman–Crippen MR) is 348 cm³/mol. The topological polar surface area (TPSA) is 78.9 Å². The SMILES string of the molecule is CC/C=C\C/C=C\C/C=C\C/C=C\CCCCCCCCCCC(=O)OC(COC(=O)CCCCCCCCCCCCCCCC)COC(=O)CCCCCCCCCCCCCCCCC/C=C\CCCCCCCCCC. The third-order valence-electron chi connectivity index (χ3n) is 15.8. The summed E-state index contributed by atoms with van der Waals surface area (Å²) in [6.45, 7) is 6.58. The highest BCUT2D eigenvalue weighted by Gasteiger charge is 2.19. The maximum absolute atomic E-state index is 12.9. The molecule has 0 saturated carbocycles. The Morgan fingerprint density at radius 3 is 0.775 bits per heavy atom. The minimum atomic E-state index is -0.778.